The van der Waals surface area contributed by atoms with Crippen molar-refractivity contribution in [3.63, 3.8) is 0 Å². The lowest BCUT2D eigenvalue weighted by Crippen LogP contribution is -2.54. The average Bonchev–Trinajstić information content (AvgIpc) is 3.08. The van der Waals surface area contributed by atoms with E-state index in [0.717, 1.165) is 37.7 Å². The van der Waals surface area contributed by atoms with Crippen molar-refractivity contribution in [3.05, 3.63) is 41.2 Å². The van der Waals surface area contributed by atoms with Gasteiger partial charge >= 0.3 is 0 Å². The fourth-order valence-corrected chi connectivity index (χ4v) is 8.34. The summed E-state index contributed by atoms with van der Waals surface area (Å²) >= 11 is 0. The Morgan fingerprint density at radius 1 is 1.14 bits per heavy atom. The maximum atomic E-state index is 15.4. The molecule has 7 atom stereocenters. The minimum absolute atomic E-state index is 0.122. The van der Waals surface area contributed by atoms with Crippen LogP contribution in [0.2, 0.25) is 0 Å². The first-order valence-electron chi connectivity index (χ1n) is 14.4. The molecular formula is C33H44FNO2. The van der Waals surface area contributed by atoms with Crippen molar-refractivity contribution in [1.29, 1.82) is 0 Å². The van der Waals surface area contributed by atoms with Gasteiger partial charge in [0.05, 0.1) is 5.69 Å². The normalized spacial score (nSPS) is 37.2. The highest BCUT2D eigenvalue weighted by Gasteiger charge is 2.64. The van der Waals surface area contributed by atoms with Crippen molar-refractivity contribution in [1.82, 2.24) is 0 Å². The molecule has 5 rings (SSSR count). The molecular weight excluding hydrogens is 461 g/mol. The first kappa shape index (κ1) is 26.5. The molecule has 0 heterocycles. The number of nitrogens with one attached hydrogen (secondary N) is 1. The number of aliphatic hydroxyl groups is 1. The number of hydrogen-bond donors (Lipinski definition) is 2. The first-order chi connectivity index (χ1) is 17.3. The van der Waals surface area contributed by atoms with Gasteiger partial charge in [0, 0.05) is 23.3 Å². The largest absolute Gasteiger partial charge is 0.381 e. The Morgan fingerprint density at radius 3 is 2.57 bits per heavy atom. The molecule has 3 fully saturated rings. The highest BCUT2D eigenvalue weighted by atomic mass is 19.1. The third kappa shape index (κ3) is 4.67. The van der Waals surface area contributed by atoms with Gasteiger partial charge in [0.1, 0.15) is 11.4 Å². The van der Waals surface area contributed by atoms with Gasteiger partial charge in [0.25, 0.3) is 0 Å². The van der Waals surface area contributed by atoms with Gasteiger partial charge in [-0.3, -0.25) is 4.79 Å². The molecule has 3 saturated carbocycles. The predicted octanol–water partition coefficient (Wildman–Crippen LogP) is 7.26. The lowest BCUT2D eigenvalue weighted by atomic mass is 9.46. The summed E-state index contributed by atoms with van der Waals surface area (Å²) in [5.74, 6) is 8.47. The molecule has 37 heavy (non-hydrogen) atoms. The quantitative estimate of drug-likeness (QED) is 0.425. The van der Waals surface area contributed by atoms with Gasteiger partial charge in [-0.2, -0.15) is 0 Å². The van der Waals surface area contributed by atoms with Crippen LogP contribution in [0.5, 0.6) is 0 Å². The van der Waals surface area contributed by atoms with Gasteiger partial charge < -0.3 is 10.4 Å². The van der Waals surface area contributed by atoms with Gasteiger partial charge in [-0.1, -0.05) is 30.4 Å². The summed E-state index contributed by atoms with van der Waals surface area (Å²) in [4.78, 5) is 12.3. The maximum absolute atomic E-state index is 15.4. The van der Waals surface area contributed by atoms with Crippen LogP contribution in [-0.4, -0.2) is 22.5 Å². The zero-order valence-corrected chi connectivity index (χ0v) is 23.5. The second-order valence-corrected chi connectivity index (χ2v) is 13.9. The summed E-state index contributed by atoms with van der Waals surface area (Å²) in [6, 6.07) is 5.87. The average molecular weight is 506 g/mol. The number of carbonyl (C=O) groups excluding carboxylic acids is 1. The number of fused-ring (bicyclic) bond motifs is 5. The van der Waals surface area contributed by atoms with Crippen LogP contribution < -0.4 is 5.32 Å². The van der Waals surface area contributed by atoms with Crippen LogP contribution in [0.3, 0.4) is 0 Å². The van der Waals surface area contributed by atoms with E-state index in [-0.39, 0.29) is 34.4 Å². The van der Waals surface area contributed by atoms with Gasteiger partial charge in [-0.05, 0) is 127 Å². The Labute approximate surface area is 222 Å². The molecule has 2 N–H and O–H groups in total. The van der Waals surface area contributed by atoms with Crippen LogP contribution >= 0.6 is 0 Å². The number of anilines is 1. The van der Waals surface area contributed by atoms with Gasteiger partial charge in [0.2, 0.25) is 0 Å². The van der Waals surface area contributed by atoms with Crippen LogP contribution in [0.15, 0.2) is 29.8 Å². The van der Waals surface area contributed by atoms with E-state index in [9.17, 15) is 9.90 Å². The van der Waals surface area contributed by atoms with E-state index in [1.54, 1.807) is 6.07 Å². The zero-order valence-electron chi connectivity index (χ0n) is 23.5. The van der Waals surface area contributed by atoms with E-state index in [4.69, 9.17) is 0 Å². The van der Waals surface area contributed by atoms with E-state index >= 15 is 4.39 Å². The van der Waals surface area contributed by atoms with Crippen LogP contribution in [0.1, 0.15) is 98.0 Å². The number of carbonyl (C=O) groups is 1. The smallest absolute Gasteiger partial charge is 0.155 e. The summed E-state index contributed by atoms with van der Waals surface area (Å²) in [7, 11) is 0. The summed E-state index contributed by atoms with van der Waals surface area (Å²) in [5, 5.41) is 15.3. The maximum Gasteiger partial charge on any atom is 0.155 e. The van der Waals surface area contributed by atoms with Gasteiger partial charge in [-0.25, -0.2) is 4.39 Å². The van der Waals surface area contributed by atoms with Crippen molar-refractivity contribution in [3.8, 4) is 11.8 Å². The molecule has 0 saturated heterocycles. The van der Waals surface area contributed by atoms with Crippen molar-refractivity contribution in [2.45, 2.75) is 104 Å². The third-order valence-electron chi connectivity index (χ3n) is 9.97. The molecule has 0 amide bonds. The molecule has 4 heteroatoms. The molecule has 0 spiro atoms. The molecule has 1 aromatic carbocycles. The molecule has 0 aromatic heterocycles. The summed E-state index contributed by atoms with van der Waals surface area (Å²) < 4.78 is 15.4. The molecule has 0 radical (unpaired) electrons. The van der Waals surface area contributed by atoms with Crippen LogP contribution in [-0.2, 0) is 4.79 Å². The first-order valence-corrected chi connectivity index (χ1v) is 14.4. The van der Waals surface area contributed by atoms with Crippen molar-refractivity contribution in [2.24, 2.45) is 34.5 Å². The van der Waals surface area contributed by atoms with Crippen molar-refractivity contribution in [2.75, 3.05) is 5.32 Å². The fourth-order valence-electron chi connectivity index (χ4n) is 8.34. The Bertz CT molecular complexity index is 1170. The number of hydrogen-bond acceptors (Lipinski definition) is 3. The van der Waals surface area contributed by atoms with E-state index in [1.165, 1.54) is 5.57 Å². The molecule has 0 aliphatic heterocycles. The summed E-state index contributed by atoms with van der Waals surface area (Å²) in [6.07, 6.45) is 7.91. The second kappa shape index (κ2) is 9.26. The molecule has 4 aliphatic rings. The molecule has 1 aromatic rings. The molecule has 0 bridgehead atoms. The van der Waals surface area contributed by atoms with Crippen molar-refractivity contribution >= 4 is 11.5 Å². The molecule has 4 aliphatic carbocycles. The Morgan fingerprint density at radius 2 is 1.89 bits per heavy atom. The third-order valence-corrected chi connectivity index (χ3v) is 9.97. The Balaban J connectivity index is 1.59. The van der Waals surface area contributed by atoms with Gasteiger partial charge in [0.15, 0.2) is 5.78 Å². The van der Waals surface area contributed by atoms with Crippen LogP contribution in [0.4, 0.5) is 10.1 Å². The minimum Gasteiger partial charge on any atom is -0.381 e. The SMILES string of the molecule is CC(C)Nc1ccc([C@H]2C[C@@]3(C)C(CC[C@@]3(O)C#CC(C)(C)C)[C@@H]3CCC4=CC(=O)CC[C@@H]4[C@@H]23)cc1F. The highest BCUT2D eigenvalue weighted by Crippen LogP contribution is 2.68. The summed E-state index contributed by atoms with van der Waals surface area (Å²) in [5.41, 5.74) is 1.31. The topological polar surface area (TPSA) is 49.3 Å². The van der Waals surface area contributed by atoms with E-state index in [0.29, 0.717) is 42.2 Å². The monoisotopic (exact) mass is 505 g/mol. The van der Waals surface area contributed by atoms with E-state index in [1.807, 2.05) is 26.0 Å². The molecule has 3 nitrogen and oxygen atoms in total. The van der Waals surface area contributed by atoms with Crippen LogP contribution in [0.25, 0.3) is 0 Å². The Hall–Kier alpha value is -2.12. The van der Waals surface area contributed by atoms with E-state index in [2.05, 4.69) is 50.9 Å². The Kier molecular flexibility index (Phi) is 6.63. The molecule has 1 unspecified atom stereocenters. The number of rotatable bonds is 3. The van der Waals surface area contributed by atoms with Crippen LogP contribution in [0, 0.1) is 52.2 Å². The van der Waals surface area contributed by atoms with Gasteiger partial charge in [-0.15, -0.1) is 0 Å². The number of allylic oxidation sites excluding steroid dienone is 1. The lowest BCUT2D eigenvalue weighted by Gasteiger charge is -2.58. The van der Waals surface area contributed by atoms with E-state index < -0.39 is 5.60 Å². The standard InChI is InChI=1S/C33H44FNO2/c1-20(2)35-29-12-8-22(18-28(29)34)26-19-32(6)27(13-14-33(32,37)16-15-31(3,4)5)25-10-7-21-17-23(36)9-11-24(21)30(25)26/h8,12,17-18,20,24-27,30,35,37H,7,9-11,13-14,19H2,1-6H3/t24-,25-,26+,27?,30+,32-,33+/m0/s1. The highest BCUT2D eigenvalue weighted by molar-refractivity contribution is 5.91. The zero-order chi connectivity index (χ0) is 26.8. The minimum atomic E-state index is -1.04. The number of ketones is 1. The number of halogens is 1. The predicted molar refractivity (Wildman–Crippen MR) is 148 cm³/mol. The summed E-state index contributed by atoms with van der Waals surface area (Å²) in [6.45, 7) is 12.6. The fraction of sp³-hybridized carbons (Fsp3) is 0.667. The number of benzene rings is 1. The van der Waals surface area contributed by atoms with Crippen molar-refractivity contribution < 1.29 is 14.3 Å². The second-order valence-electron chi connectivity index (χ2n) is 13.9. The molecule has 200 valence electrons. The lowest BCUT2D eigenvalue weighted by molar-refractivity contribution is -0.117.